The van der Waals surface area contributed by atoms with Crippen LogP contribution in [0.25, 0.3) is 6.08 Å². The van der Waals surface area contributed by atoms with Gasteiger partial charge in [-0.3, -0.25) is 9.59 Å². The van der Waals surface area contributed by atoms with E-state index in [0.29, 0.717) is 55.6 Å². The Morgan fingerprint density at radius 1 is 0.810 bits per heavy atom. The summed E-state index contributed by atoms with van der Waals surface area (Å²) in [4.78, 5) is 27.1. The van der Waals surface area contributed by atoms with Gasteiger partial charge in [-0.1, -0.05) is 66.7 Å². The molecule has 7 unspecified atom stereocenters. The van der Waals surface area contributed by atoms with E-state index in [1.165, 1.54) is 21.1 Å². The van der Waals surface area contributed by atoms with Gasteiger partial charge in [0.2, 0.25) is 0 Å². The minimum atomic E-state index is -0.683. The number of hydrogen-bond donors (Lipinski definition) is 4. The summed E-state index contributed by atoms with van der Waals surface area (Å²) in [6.45, 7) is 1.27. The lowest BCUT2D eigenvalue weighted by molar-refractivity contribution is -0.165. The van der Waals surface area contributed by atoms with Crippen LogP contribution in [0.15, 0.2) is 84.9 Å². The number of aliphatic hydroxyl groups is 2. The van der Waals surface area contributed by atoms with Crippen LogP contribution in [-0.4, -0.2) is 65.4 Å². The number of allylic oxidation sites excluding steroid dienone is 1. The standard InChI is InChI=1S/C48H54O10/c1-29(51)57-43-25-37(58-46(54)18-31-11-7-12-32(17-31)28-50)24-39-38-26-45(56-3)41(52)21-35(38)19-33(13-8-16-49)47(39)48(15-14-30-9-5-4-6-10-30)27-36-22-42(53)44(55-2)23-34(36)20-40(43)48/h4-7,9-12,14-15,17,21-23,26,33,37,39-40,43,47,49-50,52-53H,8,13,16,18-20,24-25,27-28H2,1-3H3. The molecule has 306 valence electrons. The topological polar surface area (TPSA) is 152 Å². The zero-order valence-corrected chi connectivity index (χ0v) is 33.4. The van der Waals surface area contributed by atoms with Gasteiger partial charge >= 0.3 is 11.9 Å². The molecule has 0 saturated heterocycles. The molecular weight excluding hydrogens is 737 g/mol. The van der Waals surface area contributed by atoms with E-state index in [1.807, 2.05) is 36.4 Å². The smallest absolute Gasteiger partial charge is 0.310 e. The zero-order chi connectivity index (χ0) is 41.0. The van der Waals surface area contributed by atoms with Gasteiger partial charge in [0.1, 0.15) is 12.2 Å². The Kier molecular flexibility index (Phi) is 12.4. The molecule has 7 rings (SSSR count). The average molecular weight is 791 g/mol. The number of phenols is 2. The summed E-state index contributed by atoms with van der Waals surface area (Å²) in [7, 11) is 3.05. The highest BCUT2D eigenvalue weighted by molar-refractivity contribution is 5.73. The molecule has 3 aliphatic rings. The molecule has 3 aliphatic carbocycles. The second kappa shape index (κ2) is 17.7. The van der Waals surface area contributed by atoms with Crippen molar-refractivity contribution in [2.45, 2.75) is 83.0 Å². The monoisotopic (exact) mass is 790 g/mol. The summed E-state index contributed by atoms with van der Waals surface area (Å²) in [6, 6.07) is 24.7. The van der Waals surface area contributed by atoms with E-state index >= 15 is 0 Å². The fraction of sp³-hybridized carbons (Fsp3) is 0.417. The number of rotatable bonds is 12. The third kappa shape index (κ3) is 8.45. The summed E-state index contributed by atoms with van der Waals surface area (Å²) in [5.74, 6) is -0.780. The van der Waals surface area contributed by atoms with Crippen molar-refractivity contribution in [3.05, 3.63) is 124 Å². The third-order valence-electron chi connectivity index (χ3n) is 12.7. The number of phenolic OH excluding ortho intramolecular Hbond substituents is 2. The van der Waals surface area contributed by atoms with Crippen molar-refractivity contribution in [1.82, 2.24) is 0 Å². The molecule has 10 heteroatoms. The number of methoxy groups -OCH3 is 2. The summed E-state index contributed by atoms with van der Waals surface area (Å²) >= 11 is 0. The minimum Gasteiger partial charge on any atom is -0.504 e. The molecule has 0 heterocycles. The lowest BCUT2D eigenvalue weighted by Crippen LogP contribution is -2.56. The SMILES string of the molecule is COc1cc2c(cc1O)CC1(C=Cc3ccccc3)C(C2)C(OC(C)=O)CC(OC(=O)Cc2cccc(CO)c2)CC2c3cc(OC)c(O)cc3CC(CCCO)C21. The molecular formula is C48H54O10. The van der Waals surface area contributed by atoms with E-state index in [4.69, 9.17) is 18.9 Å². The highest BCUT2D eigenvalue weighted by Gasteiger charge is 2.58. The van der Waals surface area contributed by atoms with Gasteiger partial charge in [-0.2, -0.15) is 0 Å². The van der Waals surface area contributed by atoms with Gasteiger partial charge in [-0.15, -0.1) is 0 Å². The molecule has 4 aromatic carbocycles. The first-order valence-electron chi connectivity index (χ1n) is 20.2. The number of esters is 2. The third-order valence-corrected chi connectivity index (χ3v) is 12.7. The highest BCUT2D eigenvalue weighted by atomic mass is 16.6. The molecule has 4 N–H and O–H groups in total. The van der Waals surface area contributed by atoms with Crippen molar-refractivity contribution >= 4 is 18.0 Å². The van der Waals surface area contributed by atoms with Gasteiger partial charge in [-0.05, 0) is 119 Å². The lowest BCUT2D eigenvalue weighted by atomic mass is 9.47. The second-order valence-corrected chi connectivity index (χ2v) is 16.2. The van der Waals surface area contributed by atoms with Crippen LogP contribution in [0.3, 0.4) is 0 Å². The predicted octanol–water partition coefficient (Wildman–Crippen LogP) is 7.25. The van der Waals surface area contributed by atoms with Crippen molar-refractivity contribution in [3.8, 4) is 23.0 Å². The number of benzene rings is 4. The molecule has 4 aromatic rings. The first-order valence-corrected chi connectivity index (χ1v) is 20.2. The molecule has 1 fully saturated rings. The Morgan fingerprint density at radius 2 is 1.53 bits per heavy atom. The van der Waals surface area contributed by atoms with Crippen LogP contribution in [-0.2, 0) is 51.4 Å². The van der Waals surface area contributed by atoms with Gasteiger partial charge in [0.15, 0.2) is 23.0 Å². The fourth-order valence-corrected chi connectivity index (χ4v) is 10.5. The first kappa shape index (κ1) is 40.9. The molecule has 1 saturated carbocycles. The quantitative estimate of drug-likeness (QED) is 0.108. The Morgan fingerprint density at radius 3 is 2.24 bits per heavy atom. The first-order chi connectivity index (χ1) is 28.0. The Labute approximate surface area is 340 Å². The molecule has 0 spiro atoms. The maximum atomic E-state index is 13.9. The van der Waals surface area contributed by atoms with Gasteiger partial charge in [0.05, 0.1) is 27.2 Å². The number of aliphatic hydroxyl groups excluding tert-OH is 2. The Bertz CT molecular complexity index is 2130. The van der Waals surface area contributed by atoms with Gasteiger partial charge in [-0.25, -0.2) is 0 Å². The van der Waals surface area contributed by atoms with Crippen LogP contribution in [0.1, 0.15) is 77.5 Å². The molecule has 0 bridgehead atoms. The summed E-state index contributed by atoms with van der Waals surface area (Å²) < 4.78 is 24.1. The van der Waals surface area contributed by atoms with Crippen molar-refractivity contribution in [3.63, 3.8) is 0 Å². The molecule has 0 radical (unpaired) electrons. The van der Waals surface area contributed by atoms with Crippen LogP contribution in [0, 0.1) is 23.2 Å². The highest BCUT2D eigenvalue weighted by Crippen LogP contribution is 2.62. The van der Waals surface area contributed by atoms with E-state index in [0.717, 1.165) is 33.4 Å². The van der Waals surface area contributed by atoms with Crippen LogP contribution >= 0.6 is 0 Å². The molecule has 0 aromatic heterocycles. The predicted molar refractivity (Wildman–Crippen MR) is 219 cm³/mol. The molecule has 10 nitrogen and oxygen atoms in total. The largest absolute Gasteiger partial charge is 0.504 e. The van der Waals surface area contributed by atoms with Crippen molar-refractivity contribution in [2.75, 3.05) is 20.8 Å². The number of ether oxygens (including phenoxy) is 4. The van der Waals surface area contributed by atoms with Crippen LogP contribution in [0.2, 0.25) is 0 Å². The van der Waals surface area contributed by atoms with Gasteiger partial charge in [0, 0.05) is 31.3 Å². The zero-order valence-electron chi connectivity index (χ0n) is 33.4. The number of carbonyl (C=O) groups is 2. The van der Waals surface area contributed by atoms with Crippen molar-refractivity contribution in [2.24, 2.45) is 23.2 Å². The van der Waals surface area contributed by atoms with E-state index < -0.39 is 29.6 Å². The molecule has 0 aliphatic heterocycles. The Balaban J connectivity index is 1.45. The maximum absolute atomic E-state index is 13.9. The van der Waals surface area contributed by atoms with Gasteiger partial charge in [0.25, 0.3) is 0 Å². The van der Waals surface area contributed by atoms with Crippen LogP contribution < -0.4 is 9.47 Å². The summed E-state index contributed by atoms with van der Waals surface area (Å²) in [6.07, 6.45) is 6.62. The number of aromatic hydroxyl groups is 2. The van der Waals surface area contributed by atoms with Crippen molar-refractivity contribution in [1.29, 1.82) is 0 Å². The van der Waals surface area contributed by atoms with E-state index in [2.05, 4.69) is 24.3 Å². The number of hydrogen-bond acceptors (Lipinski definition) is 10. The van der Waals surface area contributed by atoms with E-state index in [1.54, 1.807) is 30.3 Å². The van der Waals surface area contributed by atoms with Crippen LogP contribution in [0.5, 0.6) is 23.0 Å². The normalized spacial score (nSPS) is 24.9. The Hall–Kier alpha value is -5.32. The van der Waals surface area contributed by atoms with Crippen LogP contribution in [0.4, 0.5) is 0 Å². The number of fused-ring (bicyclic) bond motifs is 6. The molecule has 7 atom stereocenters. The fourth-order valence-electron chi connectivity index (χ4n) is 10.5. The lowest BCUT2D eigenvalue weighted by Gasteiger charge is -2.58. The van der Waals surface area contributed by atoms with Gasteiger partial charge < -0.3 is 39.4 Å². The van der Waals surface area contributed by atoms with Crippen molar-refractivity contribution < 1.29 is 49.0 Å². The van der Waals surface area contributed by atoms with E-state index in [9.17, 15) is 30.0 Å². The molecule has 58 heavy (non-hydrogen) atoms. The van der Waals surface area contributed by atoms with E-state index in [-0.39, 0.29) is 61.2 Å². The summed E-state index contributed by atoms with van der Waals surface area (Å²) in [5, 5.41) is 42.2. The second-order valence-electron chi connectivity index (χ2n) is 16.2. The minimum absolute atomic E-state index is 0.00207. The average Bonchev–Trinajstić information content (AvgIpc) is 3.20. The summed E-state index contributed by atoms with van der Waals surface area (Å²) in [5.41, 5.74) is 5.66. The molecule has 0 amide bonds. The number of carbonyl (C=O) groups excluding carboxylic acids is 2. The maximum Gasteiger partial charge on any atom is 0.310 e.